The summed E-state index contributed by atoms with van der Waals surface area (Å²) in [7, 11) is 0. The number of nitro groups is 1. The van der Waals surface area contributed by atoms with Crippen LogP contribution in [0.5, 0.6) is 0 Å². The van der Waals surface area contributed by atoms with Crippen LogP contribution in [0, 0.1) is 10.1 Å². The minimum Gasteiger partial charge on any atom is -0.457 e. The standard InChI is InChI=1S/C21H11BrClN3O6/c22-11-2-1-3-12(8-11)25-20(28)16(19(27)24-21(25)29)10-14-5-7-18(32-14)15-9-13(26(30)31)4-6-17(15)23/h1-10H,(H,24,27,29)/b16-10+. The van der Waals surface area contributed by atoms with Crippen molar-refractivity contribution >= 4 is 62.8 Å². The summed E-state index contributed by atoms with van der Waals surface area (Å²) in [6.07, 6.45) is 1.18. The van der Waals surface area contributed by atoms with E-state index in [1.54, 1.807) is 24.3 Å². The molecule has 0 bridgehead atoms. The average molecular weight is 517 g/mol. The van der Waals surface area contributed by atoms with Gasteiger partial charge in [-0.1, -0.05) is 33.6 Å². The van der Waals surface area contributed by atoms with Crippen LogP contribution in [0.1, 0.15) is 5.76 Å². The number of benzene rings is 2. The number of carbonyl (C=O) groups excluding carboxylic acids is 3. The molecule has 32 heavy (non-hydrogen) atoms. The molecule has 0 aliphatic carbocycles. The molecule has 9 nitrogen and oxygen atoms in total. The number of hydrogen-bond acceptors (Lipinski definition) is 6. The number of halogens is 2. The van der Waals surface area contributed by atoms with Crippen molar-refractivity contribution in [3.8, 4) is 11.3 Å². The lowest BCUT2D eigenvalue weighted by Crippen LogP contribution is -2.54. The second-order valence-electron chi connectivity index (χ2n) is 6.56. The summed E-state index contributed by atoms with van der Waals surface area (Å²) >= 11 is 9.41. The highest BCUT2D eigenvalue weighted by Crippen LogP contribution is 2.33. The Hall–Kier alpha value is -3.76. The molecule has 0 unspecified atom stereocenters. The highest BCUT2D eigenvalue weighted by atomic mass is 79.9. The van der Waals surface area contributed by atoms with E-state index >= 15 is 0 Å². The predicted molar refractivity (Wildman–Crippen MR) is 119 cm³/mol. The third-order valence-electron chi connectivity index (χ3n) is 4.51. The number of nitrogens with zero attached hydrogens (tertiary/aromatic N) is 2. The quantitative estimate of drug-likeness (QED) is 0.227. The average Bonchev–Trinajstić information content (AvgIpc) is 3.19. The Labute approximate surface area is 193 Å². The van der Waals surface area contributed by atoms with E-state index in [9.17, 15) is 24.5 Å². The van der Waals surface area contributed by atoms with Crippen LogP contribution in [-0.4, -0.2) is 22.8 Å². The van der Waals surface area contributed by atoms with Crippen LogP contribution in [0.3, 0.4) is 0 Å². The number of imide groups is 2. The van der Waals surface area contributed by atoms with Crippen LogP contribution in [0.25, 0.3) is 17.4 Å². The van der Waals surface area contributed by atoms with Crippen molar-refractivity contribution in [2.75, 3.05) is 4.90 Å². The van der Waals surface area contributed by atoms with Gasteiger partial charge in [0.05, 0.1) is 15.6 Å². The van der Waals surface area contributed by atoms with Crippen molar-refractivity contribution in [2.24, 2.45) is 0 Å². The zero-order valence-electron chi connectivity index (χ0n) is 15.9. The summed E-state index contributed by atoms with van der Waals surface area (Å²) in [6.45, 7) is 0. The van der Waals surface area contributed by atoms with Crippen molar-refractivity contribution in [3.05, 3.63) is 85.5 Å². The molecule has 2 aromatic carbocycles. The number of non-ortho nitro benzene ring substituents is 1. The Balaban J connectivity index is 1.70. The van der Waals surface area contributed by atoms with Crippen LogP contribution in [0.4, 0.5) is 16.2 Å². The molecule has 4 rings (SSSR count). The molecule has 11 heteroatoms. The molecular weight excluding hydrogens is 506 g/mol. The normalized spacial score (nSPS) is 15.2. The summed E-state index contributed by atoms with van der Waals surface area (Å²) in [5.41, 5.74) is 0.0426. The second kappa shape index (κ2) is 8.40. The lowest BCUT2D eigenvalue weighted by molar-refractivity contribution is -0.384. The van der Waals surface area contributed by atoms with E-state index in [1.165, 1.54) is 36.4 Å². The minimum absolute atomic E-state index is 0.115. The van der Waals surface area contributed by atoms with E-state index in [4.69, 9.17) is 16.0 Å². The number of anilines is 1. The van der Waals surface area contributed by atoms with Gasteiger partial charge in [-0.15, -0.1) is 0 Å². The van der Waals surface area contributed by atoms with E-state index in [2.05, 4.69) is 21.2 Å². The zero-order valence-corrected chi connectivity index (χ0v) is 18.2. The Morgan fingerprint density at radius 2 is 1.88 bits per heavy atom. The van der Waals surface area contributed by atoms with E-state index < -0.39 is 22.8 Å². The first-order valence-corrected chi connectivity index (χ1v) is 10.1. The summed E-state index contributed by atoms with van der Waals surface area (Å²) in [4.78, 5) is 48.8. The maximum atomic E-state index is 12.9. The third-order valence-corrected chi connectivity index (χ3v) is 5.33. The maximum absolute atomic E-state index is 12.9. The first-order valence-electron chi connectivity index (χ1n) is 8.96. The van der Waals surface area contributed by atoms with Crippen molar-refractivity contribution < 1.29 is 23.7 Å². The molecule has 0 atom stereocenters. The monoisotopic (exact) mass is 515 g/mol. The fourth-order valence-corrected chi connectivity index (χ4v) is 3.64. The van der Waals surface area contributed by atoms with Crippen molar-refractivity contribution in [2.45, 2.75) is 0 Å². The van der Waals surface area contributed by atoms with Gasteiger partial charge in [0.15, 0.2) is 0 Å². The van der Waals surface area contributed by atoms with E-state index in [1.807, 2.05) is 0 Å². The molecule has 1 aromatic heterocycles. The van der Waals surface area contributed by atoms with Crippen molar-refractivity contribution in [1.29, 1.82) is 0 Å². The van der Waals surface area contributed by atoms with Crippen LogP contribution < -0.4 is 10.2 Å². The Morgan fingerprint density at radius 1 is 1.09 bits per heavy atom. The van der Waals surface area contributed by atoms with E-state index in [0.29, 0.717) is 4.47 Å². The lowest BCUT2D eigenvalue weighted by Gasteiger charge is -2.26. The topological polar surface area (TPSA) is 123 Å². The van der Waals surface area contributed by atoms with Gasteiger partial charge in [0.2, 0.25) is 0 Å². The van der Waals surface area contributed by atoms with Gasteiger partial charge in [-0.2, -0.15) is 0 Å². The van der Waals surface area contributed by atoms with Gasteiger partial charge in [-0.05, 0) is 42.5 Å². The minimum atomic E-state index is -0.877. The van der Waals surface area contributed by atoms with Gasteiger partial charge in [0.1, 0.15) is 17.1 Å². The first-order chi connectivity index (χ1) is 15.2. The largest absolute Gasteiger partial charge is 0.457 e. The number of rotatable bonds is 4. The van der Waals surface area contributed by atoms with Crippen molar-refractivity contribution in [1.82, 2.24) is 5.32 Å². The van der Waals surface area contributed by atoms with Gasteiger partial charge < -0.3 is 4.42 Å². The summed E-state index contributed by atoms with van der Waals surface area (Å²) in [6, 6.07) is 12.4. The molecule has 1 saturated heterocycles. The molecule has 4 amide bonds. The molecule has 1 aliphatic rings. The summed E-state index contributed by atoms with van der Waals surface area (Å²) < 4.78 is 6.29. The van der Waals surface area contributed by atoms with Gasteiger partial charge in [0, 0.05) is 22.2 Å². The fraction of sp³-hybridized carbons (Fsp3) is 0. The smallest absolute Gasteiger partial charge is 0.335 e. The molecule has 3 aromatic rings. The second-order valence-corrected chi connectivity index (χ2v) is 7.88. The lowest BCUT2D eigenvalue weighted by atomic mass is 10.1. The highest BCUT2D eigenvalue weighted by molar-refractivity contribution is 9.10. The van der Waals surface area contributed by atoms with Gasteiger partial charge in [-0.25, -0.2) is 9.69 Å². The van der Waals surface area contributed by atoms with Crippen LogP contribution in [-0.2, 0) is 9.59 Å². The van der Waals surface area contributed by atoms with Crippen LogP contribution >= 0.6 is 27.5 Å². The van der Waals surface area contributed by atoms with Gasteiger partial charge >= 0.3 is 6.03 Å². The van der Waals surface area contributed by atoms with Crippen LogP contribution in [0.15, 0.2) is 69.1 Å². The first kappa shape index (κ1) is 21.5. The molecule has 1 N–H and O–H groups in total. The molecule has 0 radical (unpaired) electrons. The number of amides is 4. The number of carbonyl (C=O) groups is 3. The molecule has 0 spiro atoms. The van der Waals surface area contributed by atoms with Crippen LogP contribution in [0.2, 0.25) is 5.02 Å². The number of nitrogens with one attached hydrogen (secondary N) is 1. The van der Waals surface area contributed by atoms with Gasteiger partial charge in [-0.3, -0.25) is 25.0 Å². The Bertz CT molecular complexity index is 1330. The van der Waals surface area contributed by atoms with E-state index in [-0.39, 0.29) is 39.1 Å². The fourth-order valence-electron chi connectivity index (χ4n) is 3.04. The maximum Gasteiger partial charge on any atom is 0.335 e. The number of barbiturate groups is 1. The number of urea groups is 1. The SMILES string of the molecule is O=C1NC(=O)N(c2cccc(Br)c2)C(=O)/C1=C/c1ccc(-c2cc([N+](=O)[O-])ccc2Cl)o1. The molecule has 2 heterocycles. The Morgan fingerprint density at radius 3 is 2.59 bits per heavy atom. The Kier molecular flexibility index (Phi) is 5.64. The summed E-state index contributed by atoms with van der Waals surface area (Å²) in [5.74, 6) is -1.39. The van der Waals surface area contributed by atoms with Crippen molar-refractivity contribution in [3.63, 3.8) is 0 Å². The predicted octanol–water partition coefficient (Wildman–Crippen LogP) is 4.94. The molecule has 0 saturated carbocycles. The molecule has 1 fully saturated rings. The highest BCUT2D eigenvalue weighted by Gasteiger charge is 2.37. The number of hydrogen-bond donors (Lipinski definition) is 1. The molecule has 160 valence electrons. The zero-order chi connectivity index (χ0) is 23.0. The van der Waals surface area contributed by atoms with E-state index in [0.717, 1.165) is 4.90 Å². The number of furan rings is 1. The number of nitro benzene ring substituents is 1. The molecule has 1 aliphatic heterocycles. The molecular formula is C21H11BrClN3O6. The summed E-state index contributed by atoms with van der Waals surface area (Å²) in [5, 5.41) is 13.4. The third kappa shape index (κ3) is 4.05. The van der Waals surface area contributed by atoms with Gasteiger partial charge in [0.25, 0.3) is 17.5 Å².